The first-order chi connectivity index (χ1) is 15.6. The van der Waals surface area contributed by atoms with Gasteiger partial charge >= 0.3 is 18.0 Å². The summed E-state index contributed by atoms with van der Waals surface area (Å²) in [5, 5.41) is 2.47. The Hall–Kier alpha value is -3.10. The van der Waals surface area contributed by atoms with E-state index >= 15 is 0 Å². The molecule has 1 saturated carbocycles. The zero-order chi connectivity index (χ0) is 24.4. The van der Waals surface area contributed by atoms with Crippen LogP contribution in [0.5, 0.6) is 0 Å². The average molecular weight is 463 g/mol. The molecule has 0 aliphatic heterocycles. The van der Waals surface area contributed by atoms with Crippen molar-refractivity contribution in [2.24, 2.45) is 0 Å². The summed E-state index contributed by atoms with van der Waals surface area (Å²) in [6.07, 6.45) is 0.609. The normalized spacial score (nSPS) is 14.1. The average Bonchev–Trinajstić information content (AvgIpc) is 3.57. The van der Waals surface area contributed by atoms with Crippen LogP contribution in [0.3, 0.4) is 0 Å². The molecule has 1 aliphatic rings. The molecule has 0 saturated heterocycles. The monoisotopic (exact) mass is 462 g/mol. The third-order valence-electron chi connectivity index (χ3n) is 4.75. The van der Waals surface area contributed by atoms with Crippen molar-refractivity contribution in [3.8, 4) is 0 Å². The van der Waals surface area contributed by atoms with Crippen LogP contribution in [0.1, 0.15) is 58.9 Å². The number of alkyl carbamates (subject to hydrolysis) is 1. The van der Waals surface area contributed by atoms with Crippen molar-refractivity contribution >= 4 is 23.9 Å². The Balaban J connectivity index is 2.02. The molecule has 182 valence electrons. The van der Waals surface area contributed by atoms with Gasteiger partial charge in [-0.3, -0.25) is 9.59 Å². The van der Waals surface area contributed by atoms with Crippen LogP contribution in [0.2, 0.25) is 0 Å². The molecule has 33 heavy (non-hydrogen) atoms. The predicted molar refractivity (Wildman–Crippen MR) is 120 cm³/mol. The van der Waals surface area contributed by atoms with Crippen molar-refractivity contribution in [3.05, 3.63) is 35.9 Å². The molecule has 0 spiro atoms. The predicted octanol–water partition coefficient (Wildman–Crippen LogP) is 2.96. The van der Waals surface area contributed by atoms with E-state index in [1.807, 2.05) is 18.2 Å². The van der Waals surface area contributed by atoms with E-state index in [0.29, 0.717) is 0 Å². The van der Waals surface area contributed by atoms with E-state index in [2.05, 4.69) is 5.32 Å². The Morgan fingerprint density at radius 1 is 1.09 bits per heavy atom. The Kier molecular flexibility index (Phi) is 9.69. The van der Waals surface area contributed by atoms with E-state index in [-0.39, 0.29) is 50.5 Å². The minimum atomic E-state index is -1.22. The van der Waals surface area contributed by atoms with E-state index in [1.54, 1.807) is 44.7 Å². The smallest absolute Gasteiger partial charge is 0.408 e. The number of esters is 2. The number of hydrogen-bond acceptors (Lipinski definition) is 7. The summed E-state index contributed by atoms with van der Waals surface area (Å²) in [5.74, 6) is -1.46. The van der Waals surface area contributed by atoms with E-state index in [0.717, 1.165) is 18.4 Å². The van der Waals surface area contributed by atoms with Gasteiger partial charge in [-0.25, -0.2) is 9.59 Å². The highest BCUT2D eigenvalue weighted by atomic mass is 16.6. The molecular formula is C24H34N2O7. The molecule has 9 nitrogen and oxygen atoms in total. The molecule has 0 radical (unpaired) electrons. The molecule has 2 rings (SSSR count). The fraction of sp³-hybridized carbons (Fsp3) is 0.583. The standard InChI is InChI=1S/C24H34N2O7/c1-5-31-21(28)13-14-26(18-11-12-18)20(27)15-19(22(29)33-24(2,3)4)25-23(30)32-16-17-9-7-6-8-10-17/h6-10,18-19H,5,11-16H2,1-4H3,(H,25,30)/t19-/m0/s1. The van der Waals surface area contributed by atoms with Crippen molar-refractivity contribution in [2.75, 3.05) is 13.2 Å². The van der Waals surface area contributed by atoms with E-state index in [1.165, 1.54) is 0 Å². The Bertz CT molecular complexity index is 816. The Labute approximate surface area is 194 Å². The van der Waals surface area contributed by atoms with Gasteiger partial charge in [0.2, 0.25) is 5.91 Å². The topological polar surface area (TPSA) is 111 Å². The zero-order valence-electron chi connectivity index (χ0n) is 19.8. The van der Waals surface area contributed by atoms with Crippen molar-refractivity contribution in [3.63, 3.8) is 0 Å². The van der Waals surface area contributed by atoms with E-state index < -0.39 is 23.7 Å². The van der Waals surface area contributed by atoms with Crippen molar-refractivity contribution in [2.45, 2.75) is 77.7 Å². The first kappa shape index (κ1) is 26.2. The van der Waals surface area contributed by atoms with Crippen molar-refractivity contribution < 1.29 is 33.4 Å². The minimum Gasteiger partial charge on any atom is -0.466 e. The lowest BCUT2D eigenvalue weighted by molar-refractivity contribution is -0.159. The second kappa shape index (κ2) is 12.2. The van der Waals surface area contributed by atoms with Gasteiger partial charge in [-0.15, -0.1) is 0 Å². The molecular weight excluding hydrogens is 428 g/mol. The van der Waals surface area contributed by atoms with Crippen LogP contribution in [-0.4, -0.2) is 59.7 Å². The highest BCUT2D eigenvalue weighted by Gasteiger charge is 2.36. The highest BCUT2D eigenvalue weighted by Crippen LogP contribution is 2.28. The number of nitrogens with one attached hydrogen (secondary N) is 1. The van der Waals surface area contributed by atoms with Crippen molar-refractivity contribution in [1.29, 1.82) is 0 Å². The molecule has 1 aliphatic carbocycles. The number of benzene rings is 1. The van der Waals surface area contributed by atoms with Gasteiger partial charge in [0.15, 0.2) is 0 Å². The lowest BCUT2D eigenvalue weighted by Crippen LogP contribution is -2.48. The fourth-order valence-corrected chi connectivity index (χ4v) is 3.11. The van der Waals surface area contributed by atoms with Crippen LogP contribution in [0.4, 0.5) is 4.79 Å². The summed E-state index contributed by atoms with van der Waals surface area (Å²) < 4.78 is 15.5. The van der Waals surface area contributed by atoms with Gasteiger partial charge in [-0.1, -0.05) is 30.3 Å². The maximum atomic E-state index is 13.0. The number of hydrogen-bond donors (Lipinski definition) is 1. The summed E-state index contributed by atoms with van der Waals surface area (Å²) in [5.41, 5.74) is -0.00918. The molecule has 1 N–H and O–H groups in total. The highest BCUT2D eigenvalue weighted by molar-refractivity contribution is 5.88. The SMILES string of the molecule is CCOC(=O)CCN(C(=O)C[C@H](NC(=O)OCc1ccccc1)C(=O)OC(C)(C)C)C1CC1. The third-order valence-corrected chi connectivity index (χ3v) is 4.75. The second-order valence-corrected chi connectivity index (χ2v) is 8.87. The van der Waals surface area contributed by atoms with Gasteiger partial charge < -0.3 is 24.4 Å². The van der Waals surface area contributed by atoms with Gasteiger partial charge in [0.05, 0.1) is 19.4 Å². The van der Waals surface area contributed by atoms with Crippen LogP contribution in [0, 0.1) is 0 Å². The minimum absolute atomic E-state index is 0.0232. The maximum Gasteiger partial charge on any atom is 0.408 e. The molecule has 0 aromatic heterocycles. The first-order valence-electron chi connectivity index (χ1n) is 11.2. The van der Waals surface area contributed by atoms with Crippen LogP contribution >= 0.6 is 0 Å². The van der Waals surface area contributed by atoms with Gasteiger partial charge in [-0.05, 0) is 46.1 Å². The van der Waals surface area contributed by atoms with Gasteiger partial charge in [0.25, 0.3) is 0 Å². The summed E-state index contributed by atoms with van der Waals surface area (Å²) in [6, 6.07) is 7.91. The van der Waals surface area contributed by atoms with Crippen LogP contribution in [0.15, 0.2) is 30.3 Å². The fourth-order valence-electron chi connectivity index (χ4n) is 3.11. The maximum absolute atomic E-state index is 13.0. The second-order valence-electron chi connectivity index (χ2n) is 8.87. The molecule has 1 aromatic rings. The largest absolute Gasteiger partial charge is 0.466 e. The lowest BCUT2D eigenvalue weighted by atomic mass is 10.1. The summed E-state index contributed by atoms with van der Waals surface area (Å²) in [6.45, 7) is 7.31. The number of rotatable bonds is 11. The molecule has 9 heteroatoms. The Morgan fingerprint density at radius 3 is 2.33 bits per heavy atom. The number of amides is 2. The van der Waals surface area contributed by atoms with E-state index in [4.69, 9.17) is 14.2 Å². The Morgan fingerprint density at radius 2 is 1.76 bits per heavy atom. The summed E-state index contributed by atoms with van der Waals surface area (Å²) >= 11 is 0. The van der Waals surface area contributed by atoms with Crippen LogP contribution < -0.4 is 5.32 Å². The molecule has 1 atom stereocenters. The molecule has 1 fully saturated rings. The first-order valence-corrected chi connectivity index (χ1v) is 11.2. The molecule has 1 aromatic carbocycles. The van der Waals surface area contributed by atoms with Crippen LogP contribution in [-0.2, 0) is 35.2 Å². The van der Waals surface area contributed by atoms with Crippen LogP contribution in [0.25, 0.3) is 0 Å². The lowest BCUT2D eigenvalue weighted by Gasteiger charge is -2.27. The van der Waals surface area contributed by atoms with E-state index in [9.17, 15) is 19.2 Å². The molecule has 2 amide bonds. The van der Waals surface area contributed by atoms with Crippen molar-refractivity contribution in [1.82, 2.24) is 10.2 Å². The number of ether oxygens (including phenoxy) is 3. The van der Waals surface area contributed by atoms with Gasteiger partial charge in [0, 0.05) is 12.6 Å². The summed E-state index contributed by atoms with van der Waals surface area (Å²) in [4.78, 5) is 51.4. The number of carbonyl (C=O) groups excluding carboxylic acids is 4. The molecule has 0 bridgehead atoms. The third kappa shape index (κ3) is 9.93. The zero-order valence-corrected chi connectivity index (χ0v) is 19.8. The summed E-state index contributed by atoms with van der Waals surface area (Å²) in [7, 11) is 0. The van der Waals surface area contributed by atoms with Gasteiger partial charge in [-0.2, -0.15) is 0 Å². The molecule has 0 heterocycles. The quantitative estimate of drug-likeness (QED) is 0.397. The number of nitrogens with zero attached hydrogens (tertiary/aromatic N) is 1. The van der Waals surface area contributed by atoms with Gasteiger partial charge in [0.1, 0.15) is 18.2 Å². The number of carbonyl (C=O) groups is 4. The molecule has 0 unspecified atom stereocenters.